The summed E-state index contributed by atoms with van der Waals surface area (Å²) in [4.78, 5) is 8.97. The van der Waals surface area contributed by atoms with Crippen LogP contribution in [0.2, 0.25) is 0 Å². The van der Waals surface area contributed by atoms with E-state index in [0.29, 0.717) is 12.0 Å². The van der Waals surface area contributed by atoms with Gasteiger partial charge in [0.2, 0.25) is 0 Å². The lowest BCUT2D eigenvalue weighted by Gasteiger charge is -2.51. The first-order chi connectivity index (χ1) is 14.3. The molecule has 6 nitrogen and oxygen atoms in total. The summed E-state index contributed by atoms with van der Waals surface area (Å²) in [6, 6.07) is 10.6. The van der Waals surface area contributed by atoms with E-state index in [0.717, 1.165) is 46.6 Å². The Labute approximate surface area is 178 Å². The van der Waals surface area contributed by atoms with Crippen molar-refractivity contribution in [1.29, 1.82) is 0 Å². The molecule has 6 heteroatoms. The molecule has 0 spiro atoms. The van der Waals surface area contributed by atoms with Gasteiger partial charge in [0.25, 0.3) is 0 Å². The van der Waals surface area contributed by atoms with Crippen molar-refractivity contribution in [2.24, 2.45) is 5.92 Å². The second kappa shape index (κ2) is 7.84. The van der Waals surface area contributed by atoms with Gasteiger partial charge in [-0.1, -0.05) is 6.92 Å². The van der Waals surface area contributed by atoms with Gasteiger partial charge in [0.05, 0.1) is 12.8 Å². The third-order valence-electron chi connectivity index (χ3n) is 7.18. The maximum Gasteiger partial charge on any atom is 0.151 e. The van der Waals surface area contributed by atoms with Crippen molar-refractivity contribution in [3.63, 3.8) is 0 Å². The summed E-state index contributed by atoms with van der Waals surface area (Å²) in [7, 11) is 6.03. The first-order valence-corrected chi connectivity index (χ1v) is 10.5. The summed E-state index contributed by atoms with van der Waals surface area (Å²) < 4.78 is 5.62. The third kappa shape index (κ3) is 3.49. The van der Waals surface area contributed by atoms with Crippen molar-refractivity contribution < 1.29 is 4.74 Å². The average Bonchev–Trinajstić information content (AvgIpc) is 2.77. The minimum atomic E-state index is 0.150. The molecule has 0 N–H and O–H groups in total. The molecule has 0 bridgehead atoms. The Morgan fingerprint density at radius 3 is 2.63 bits per heavy atom. The van der Waals surface area contributed by atoms with E-state index in [9.17, 15) is 0 Å². The van der Waals surface area contributed by atoms with E-state index < -0.39 is 0 Å². The summed E-state index contributed by atoms with van der Waals surface area (Å²) >= 11 is 0. The predicted octanol–water partition coefficient (Wildman–Crippen LogP) is 4.26. The van der Waals surface area contributed by atoms with E-state index in [1.807, 2.05) is 24.4 Å². The molecule has 1 fully saturated rings. The lowest BCUT2D eigenvalue weighted by Crippen LogP contribution is -2.59. The number of pyridine rings is 1. The molecule has 2 atom stereocenters. The fraction of sp³-hybridized carbons (Fsp3) is 0.458. The van der Waals surface area contributed by atoms with Crippen LogP contribution in [0.3, 0.4) is 0 Å². The number of nitrogens with zero attached hydrogens (tertiary/aromatic N) is 5. The first kappa shape index (κ1) is 20.5. The monoisotopic (exact) mass is 405 g/mol. The van der Waals surface area contributed by atoms with Crippen LogP contribution in [-0.4, -0.2) is 59.4 Å². The van der Waals surface area contributed by atoms with Crippen molar-refractivity contribution in [1.82, 2.24) is 20.1 Å². The molecular weight excluding hydrogens is 374 g/mol. The molecule has 0 aliphatic carbocycles. The van der Waals surface area contributed by atoms with Gasteiger partial charge in [-0.2, -0.15) is 0 Å². The van der Waals surface area contributed by atoms with Gasteiger partial charge in [-0.3, -0.25) is 4.98 Å². The number of fused-ring (bicyclic) bond motifs is 1. The van der Waals surface area contributed by atoms with Crippen molar-refractivity contribution in [2.45, 2.75) is 38.8 Å². The topological polar surface area (TPSA) is 54.4 Å². The van der Waals surface area contributed by atoms with Crippen LogP contribution in [0.25, 0.3) is 22.0 Å². The van der Waals surface area contributed by atoms with Crippen LogP contribution in [0.1, 0.15) is 27.2 Å². The largest absolute Gasteiger partial charge is 0.496 e. The fourth-order valence-corrected chi connectivity index (χ4v) is 4.52. The van der Waals surface area contributed by atoms with Gasteiger partial charge in [-0.25, -0.2) is 0 Å². The minimum absolute atomic E-state index is 0.150. The van der Waals surface area contributed by atoms with Crippen LogP contribution in [0, 0.1) is 5.92 Å². The van der Waals surface area contributed by atoms with Crippen LogP contribution < -0.4 is 9.64 Å². The number of piperidine rings is 1. The molecule has 1 aliphatic heterocycles. The number of rotatable bonds is 4. The molecule has 0 amide bonds. The fourth-order valence-electron chi connectivity index (χ4n) is 4.52. The van der Waals surface area contributed by atoms with Gasteiger partial charge in [0.15, 0.2) is 5.82 Å². The highest BCUT2D eigenvalue weighted by Crippen LogP contribution is 2.36. The smallest absolute Gasteiger partial charge is 0.151 e. The minimum Gasteiger partial charge on any atom is -0.496 e. The predicted molar refractivity (Wildman–Crippen MR) is 122 cm³/mol. The summed E-state index contributed by atoms with van der Waals surface area (Å²) in [5.74, 6) is 2.20. The summed E-state index contributed by atoms with van der Waals surface area (Å²) in [6.45, 7) is 8.08. The van der Waals surface area contributed by atoms with Crippen LogP contribution in [0.5, 0.6) is 5.75 Å². The second-order valence-electron chi connectivity index (χ2n) is 8.88. The van der Waals surface area contributed by atoms with Crippen LogP contribution in [-0.2, 0) is 0 Å². The molecular formula is C24H31N5O. The van der Waals surface area contributed by atoms with E-state index >= 15 is 0 Å². The highest BCUT2D eigenvalue weighted by molar-refractivity contribution is 5.89. The quantitative estimate of drug-likeness (QED) is 0.647. The van der Waals surface area contributed by atoms with Crippen molar-refractivity contribution in [3.8, 4) is 17.0 Å². The molecule has 2 aromatic heterocycles. The van der Waals surface area contributed by atoms with Gasteiger partial charge in [0, 0.05) is 48.5 Å². The molecule has 158 valence electrons. The SMILES string of the molecule is COc1cc2ccncc2cc1-c1ccc(N(C)C2CCN(C)C(C)(C)C2C)nn1. The summed E-state index contributed by atoms with van der Waals surface area (Å²) in [5, 5.41) is 11.3. The Morgan fingerprint density at radius 2 is 1.93 bits per heavy atom. The zero-order valence-electron chi connectivity index (χ0n) is 18.8. The normalized spacial score (nSPS) is 21.5. The Kier molecular flexibility index (Phi) is 5.36. The van der Waals surface area contributed by atoms with Crippen molar-refractivity contribution >= 4 is 16.6 Å². The number of methoxy groups -OCH3 is 1. The van der Waals surface area contributed by atoms with Crippen LogP contribution >= 0.6 is 0 Å². The number of hydrogen-bond acceptors (Lipinski definition) is 6. The number of benzene rings is 1. The molecule has 0 radical (unpaired) electrons. The third-order valence-corrected chi connectivity index (χ3v) is 7.18. The van der Waals surface area contributed by atoms with Crippen molar-refractivity contribution in [2.75, 3.05) is 32.6 Å². The van der Waals surface area contributed by atoms with Gasteiger partial charge in [-0.15, -0.1) is 10.2 Å². The number of ether oxygens (including phenoxy) is 1. The Bertz CT molecular complexity index is 1030. The molecule has 4 rings (SSSR count). The molecule has 1 saturated heterocycles. The van der Waals surface area contributed by atoms with E-state index in [-0.39, 0.29) is 5.54 Å². The molecule has 3 heterocycles. The zero-order valence-corrected chi connectivity index (χ0v) is 18.8. The molecule has 1 aliphatic rings. The summed E-state index contributed by atoms with van der Waals surface area (Å²) in [6.07, 6.45) is 4.76. The number of hydrogen-bond donors (Lipinski definition) is 0. The molecule has 3 aromatic rings. The average molecular weight is 406 g/mol. The standard InChI is InChI=1S/C24H31N5O/c1-16-21(10-12-28(4)24(16,2)3)29(5)23-8-7-20(26-27-23)19-13-18-15-25-11-9-17(18)14-22(19)30-6/h7-9,11,13-16,21H,10,12H2,1-6H3. The van der Waals surface area contributed by atoms with Crippen LogP contribution in [0.15, 0.2) is 42.7 Å². The Balaban J connectivity index is 1.63. The lowest BCUT2D eigenvalue weighted by molar-refractivity contribution is 0.0391. The highest BCUT2D eigenvalue weighted by Gasteiger charge is 2.41. The number of aromatic nitrogens is 3. The molecule has 2 unspecified atom stereocenters. The number of likely N-dealkylation sites (tertiary alicyclic amines) is 1. The zero-order chi connectivity index (χ0) is 21.5. The van der Waals surface area contributed by atoms with Gasteiger partial charge in [0.1, 0.15) is 5.75 Å². The number of anilines is 1. The van der Waals surface area contributed by atoms with E-state index in [2.05, 4.69) is 72.0 Å². The summed E-state index contributed by atoms with van der Waals surface area (Å²) in [5.41, 5.74) is 1.87. The molecule has 1 aromatic carbocycles. The Hall–Kier alpha value is -2.73. The van der Waals surface area contributed by atoms with E-state index in [1.165, 1.54) is 0 Å². The van der Waals surface area contributed by atoms with E-state index in [1.54, 1.807) is 13.3 Å². The lowest BCUT2D eigenvalue weighted by atomic mass is 9.77. The van der Waals surface area contributed by atoms with Crippen LogP contribution in [0.4, 0.5) is 5.82 Å². The maximum atomic E-state index is 5.62. The van der Waals surface area contributed by atoms with Gasteiger partial charge < -0.3 is 14.5 Å². The van der Waals surface area contributed by atoms with Gasteiger partial charge in [-0.05, 0) is 69.0 Å². The molecule has 30 heavy (non-hydrogen) atoms. The van der Waals surface area contributed by atoms with Crippen molar-refractivity contribution in [3.05, 3.63) is 42.7 Å². The molecule has 0 saturated carbocycles. The van der Waals surface area contributed by atoms with Gasteiger partial charge >= 0.3 is 0 Å². The maximum absolute atomic E-state index is 5.62. The first-order valence-electron chi connectivity index (χ1n) is 10.5. The highest BCUT2D eigenvalue weighted by atomic mass is 16.5. The Morgan fingerprint density at radius 1 is 1.13 bits per heavy atom. The second-order valence-corrected chi connectivity index (χ2v) is 8.88. The van der Waals surface area contributed by atoms with E-state index in [4.69, 9.17) is 4.74 Å².